The van der Waals surface area contributed by atoms with E-state index < -0.39 is 10.0 Å². The van der Waals surface area contributed by atoms with Crippen molar-refractivity contribution in [1.29, 1.82) is 0 Å². The summed E-state index contributed by atoms with van der Waals surface area (Å²) < 4.78 is 32.9. The molecule has 0 unspecified atom stereocenters. The van der Waals surface area contributed by atoms with Crippen LogP contribution in [0.5, 0.6) is 0 Å². The Morgan fingerprint density at radius 1 is 0.364 bits per heavy atom. The quantitative estimate of drug-likeness (QED) is 0.0851. The lowest BCUT2D eigenvalue weighted by molar-refractivity contribution is 0.598. The second kappa shape index (κ2) is 30.1. The second-order valence-electron chi connectivity index (χ2n) is 27.4. The minimum atomic E-state index is -3.79. The van der Waals surface area contributed by atoms with E-state index in [9.17, 15) is 8.42 Å². The van der Waals surface area contributed by atoms with Crippen molar-refractivity contribution >= 4 is 87.0 Å². The van der Waals surface area contributed by atoms with Crippen LogP contribution in [0.2, 0.25) is 0 Å². The number of primary sulfonamides is 1. The number of anilines is 1. The molecule has 0 atom stereocenters. The van der Waals surface area contributed by atoms with Crippen LogP contribution in [0.25, 0.3) is 134 Å². The van der Waals surface area contributed by atoms with Gasteiger partial charge < -0.3 is 5.73 Å². The van der Waals surface area contributed by atoms with Gasteiger partial charge in [0.2, 0.25) is 10.0 Å². The van der Waals surface area contributed by atoms with Gasteiger partial charge >= 0.3 is 0 Å². The highest BCUT2D eigenvalue weighted by molar-refractivity contribution is 9.10. The Morgan fingerprint density at radius 2 is 0.718 bits per heavy atom. The van der Waals surface area contributed by atoms with Crippen LogP contribution in [-0.4, -0.2) is 87.4 Å². The number of hydrogen-bond acceptors (Lipinski definition) is 16. The van der Waals surface area contributed by atoms with Gasteiger partial charge in [-0.1, -0.05) is 94.8 Å². The van der Waals surface area contributed by atoms with Crippen molar-refractivity contribution in [2.75, 3.05) is 5.73 Å². The number of thioether (sulfide) groups is 1. The molecule has 23 heteroatoms. The highest BCUT2D eigenvalue weighted by atomic mass is 79.9. The number of nitrogens with zero attached hydrogens (tertiary/aromatic N) is 16. The lowest BCUT2D eigenvalue weighted by atomic mass is 9.96. The summed E-state index contributed by atoms with van der Waals surface area (Å²) in [5, 5.41) is 29.1. The van der Waals surface area contributed by atoms with Crippen LogP contribution in [0, 0.1) is 0 Å². The molecule has 16 heterocycles. The number of benzene rings is 5. The Balaban J connectivity index is 0.000000103. The number of nitrogen functional groups attached to an aromatic ring is 1. The van der Waals surface area contributed by atoms with Gasteiger partial charge in [-0.2, -0.15) is 20.4 Å². The predicted octanol–water partition coefficient (Wildman–Crippen LogP) is 17.7. The Hall–Kier alpha value is -12.3. The number of fused-ring (bicyclic) bond motifs is 8. The molecule has 0 fully saturated rings. The summed E-state index contributed by atoms with van der Waals surface area (Å²) in [4.78, 5) is 37.5. The number of halogens is 1. The van der Waals surface area contributed by atoms with Crippen molar-refractivity contribution in [3.05, 3.63) is 283 Å². The molecule has 0 spiro atoms. The van der Waals surface area contributed by atoms with Crippen molar-refractivity contribution in [2.45, 2.75) is 93.1 Å². The van der Waals surface area contributed by atoms with Gasteiger partial charge in [-0.3, -0.25) is 58.6 Å². The van der Waals surface area contributed by atoms with Gasteiger partial charge in [0, 0.05) is 163 Å². The Labute approximate surface area is 646 Å². The van der Waals surface area contributed by atoms with Crippen LogP contribution in [0.15, 0.2) is 264 Å². The van der Waals surface area contributed by atoms with Crippen molar-refractivity contribution in [2.24, 2.45) is 5.14 Å². The topological polar surface area (TPSA) is 261 Å². The molecule has 540 valence electrons. The molecule has 0 aliphatic carbocycles. The van der Waals surface area contributed by atoms with E-state index in [1.165, 1.54) is 73.2 Å². The first-order chi connectivity index (χ1) is 54.0. The number of rotatable bonds is 12. The third-order valence-electron chi connectivity index (χ3n) is 20.5. The van der Waals surface area contributed by atoms with Gasteiger partial charge in [-0.15, -0.1) is 11.8 Å². The zero-order valence-electron chi connectivity index (χ0n) is 59.7. The van der Waals surface area contributed by atoms with Gasteiger partial charge in [-0.05, 0) is 201 Å². The Kier molecular flexibility index (Phi) is 19.0. The lowest BCUT2D eigenvalue weighted by Gasteiger charge is -2.10. The number of hydrogen-bond donors (Lipinski definition) is 2. The van der Waals surface area contributed by atoms with Gasteiger partial charge in [0.05, 0.1) is 49.7 Å². The van der Waals surface area contributed by atoms with Crippen molar-refractivity contribution in [1.82, 2.24) is 79.0 Å². The van der Waals surface area contributed by atoms with E-state index in [-0.39, 0.29) is 4.90 Å². The minimum Gasteiger partial charge on any atom is -0.399 e. The van der Waals surface area contributed by atoms with Crippen LogP contribution < -0.4 is 10.9 Å². The number of aromatic nitrogens is 16. The molecule has 12 aromatic heterocycles. The third kappa shape index (κ3) is 13.7. The van der Waals surface area contributed by atoms with Crippen molar-refractivity contribution in [3.8, 4) is 90.1 Å². The maximum atomic E-state index is 11.7. The summed E-state index contributed by atoms with van der Waals surface area (Å²) in [6.07, 6.45) is 23.1. The Morgan fingerprint density at radius 3 is 1.11 bits per heavy atom. The molecule has 0 radical (unpaired) electrons. The summed E-state index contributed by atoms with van der Waals surface area (Å²) in [5.74, 6) is 0.951. The SMILES string of the molecule is Brc1ccc2c(-c3c(-c4ccccn4)nn4c3CCC4)ccnc2c1.NS(=O)(=O)c1ccc2c(-c3c(-c4ccccn4)nn4c3CCC4)ccnc2c1.Nc1ccc2c(-c3c(-c4ccccn4)nn4c3CCC4)ccnc2c1.c1ccc(CSc2ccc3c(-c4c(-c5ccccn5)nn5c4CCC5)ccnc3c2)cc1. The third-order valence-corrected chi connectivity index (χ3v) is 23.0. The maximum absolute atomic E-state index is 11.7. The standard InChI is InChI=1S/C27H22N4S.C20H15BrN4.C20H17N5O2S.C20H17N5/c1-2-7-19(8-3-1)18-32-20-11-12-21-22(13-15-29-24(21)17-20)26-25-10-6-16-31(25)30-27(26)23-9-4-5-14-28-23;21-13-6-7-14-15(8-10-23-17(14)12-13)19-18-5-3-11-25(18)24-20(19)16-4-1-2-9-22-16;21-28(26,27)13-6-7-14-15(8-10-23-17(14)12-13)19-18-5-3-11-25(18)24-20(19)16-4-1-2-9-22-16;21-13-6-7-14-15(8-10-23-17(14)12-13)19-18-5-3-11-25(18)24-20(19)16-4-1-2-9-22-16/h1-5,7-9,11-15,17H,6,10,16,18H2;1-2,4,6-10,12H,3,5,11H2;1-2,4,6-10,12H,3,5,11H2,(H2,21,26,27);1-2,4,6-10,12H,3,5,11,21H2. The molecular formula is C87H71BrN18O2S2. The maximum Gasteiger partial charge on any atom is 0.238 e. The van der Waals surface area contributed by atoms with Crippen LogP contribution >= 0.6 is 27.7 Å². The van der Waals surface area contributed by atoms with E-state index in [0.717, 1.165) is 194 Å². The largest absolute Gasteiger partial charge is 0.399 e. The average Bonchev–Trinajstić information content (AvgIpc) is 1.58. The van der Waals surface area contributed by atoms with Gasteiger partial charge in [0.1, 0.15) is 22.8 Å². The fourth-order valence-electron chi connectivity index (χ4n) is 15.6. The van der Waals surface area contributed by atoms with E-state index >= 15 is 0 Å². The first-order valence-corrected chi connectivity index (χ1v) is 40.1. The fraction of sp³-hybridized carbons (Fsp3) is 0.149. The summed E-state index contributed by atoms with van der Waals surface area (Å²) in [6.45, 7) is 3.79. The zero-order valence-corrected chi connectivity index (χ0v) is 62.9. The van der Waals surface area contributed by atoms with E-state index in [1.54, 1.807) is 18.5 Å². The minimum absolute atomic E-state index is 0.0508. The summed E-state index contributed by atoms with van der Waals surface area (Å²) >= 11 is 5.39. The monoisotopic (exact) mass is 1540 g/mol. The molecule has 4 N–H and O–H groups in total. The zero-order chi connectivity index (χ0) is 74.2. The highest BCUT2D eigenvalue weighted by Gasteiger charge is 2.31. The van der Waals surface area contributed by atoms with Crippen molar-refractivity contribution < 1.29 is 8.42 Å². The van der Waals surface area contributed by atoms with Crippen LogP contribution in [0.3, 0.4) is 0 Å². The molecule has 21 rings (SSSR count). The smallest absolute Gasteiger partial charge is 0.238 e. The Bertz CT molecular complexity index is 6260. The first kappa shape index (κ1) is 69.5. The lowest BCUT2D eigenvalue weighted by Crippen LogP contribution is -2.11. The molecule has 110 heavy (non-hydrogen) atoms. The van der Waals surface area contributed by atoms with E-state index in [0.29, 0.717) is 5.52 Å². The van der Waals surface area contributed by atoms with E-state index in [1.807, 2.05) is 151 Å². The molecule has 20 nitrogen and oxygen atoms in total. The molecule has 0 bridgehead atoms. The fourth-order valence-corrected chi connectivity index (χ4v) is 17.4. The predicted molar refractivity (Wildman–Crippen MR) is 438 cm³/mol. The normalized spacial score (nSPS) is 13.3. The van der Waals surface area contributed by atoms with E-state index in [4.69, 9.17) is 36.3 Å². The molecule has 4 aliphatic rings. The van der Waals surface area contributed by atoms with E-state index in [2.05, 4.69) is 150 Å². The van der Waals surface area contributed by atoms with Crippen LogP contribution in [-0.2, 0) is 67.6 Å². The summed E-state index contributed by atoms with van der Waals surface area (Å²) in [6, 6.07) is 66.1. The molecule has 0 saturated heterocycles. The summed E-state index contributed by atoms with van der Waals surface area (Å²) in [7, 11) is -3.79. The molecule has 5 aromatic carbocycles. The highest BCUT2D eigenvalue weighted by Crippen LogP contribution is 2.45. The number of sulfonamides is 1. The second-order valence-corrected chi connectivity index (χ2v) is 30.9. The molecule has 4 aliphatic heterocycles. The van der Waals surface area contributed by atoms with Crippen LogP contribution in [0.4, 0.5) is 5.69 Å². The van der Waals surface area contributed by atoms with Crippen molar-refractivity contribution in [3.63, 3.8) is 0 Å². The average molecular weight is 1540 g/mol. The number of aryl methyl sites for hydroxylation is 4. The van der Waals surface area contributed by atoms with Gasteiger partial charge in [-0.25, -0.2) is 13.6 Å². The number of nitrogens with two attached hydrogens (primary N) is 2. The number of pyridine rings is 8. The summed E-state index contributed by atoms with van der Waals surface area (Å²) in [5.41, 5.74) is 32.9. The molecule has 17 aromatic rings. The van der Waals surface area contributed by atoms with Gasteiger partial charge in [0.25, 0.3) is 0 Å². The molecular weight excluding hydrogens is 1470 g/mol. The van der Waals surface area contributed by atoms with Crippen LogP contribution in [0.1, 0.15) is 54.0 Å². The molecule has 0 amide bonds. The van der Waals surface area contributed by atoms with Gasteiger partial charge in [0.15, 0.2) is 0 Å². The first-order valence-electron chi connectivity index (χ1n) is 36.7. The molecule has 0 saturated carbocycles.